The zero-order valence-corrected chi connectivity index (χ0v) is 23.9. The number of benzene rings is 2. The lowest BCUT2D eigenvalue weighted by Crippen LogP contribution is -2.17. The molecule has 0 bridgehead atoms. The lowest BCUT2D eigenvalue weighted by atomic mass is 10.1. The maximum atomic E-state index is 12.1. The second kappa shape index (κ2) is 17.2. The van der Waals surface area contributed by atoms with Gasteiger partial charge < -0.3 is 28.4 Å². The molecule has 0 aromatic heterocycles. The van der Waals surface area contributed by atoms with Gasteiger partial charge in [-0.3, -0.25) is 9.59 Å². The van der Waals surface area contributed by atoms with Crippen molar-refractivity contribution < 1.29 is 38.0 Å². The van der Waals surface area contributed by atoms with Gasteiger partial charge in [0.1, 0.15) is 0 Å². The summed E-state index contributed by atoms with van der Waals surface area (Å²) in [6.07, 6.45) is 6.59. The van der Waals surface area contributed by atoms with E-state index in [2.05, 4.69) is 21.1 Å². The van der Waals surface area contributed by atoms with Gasteiger partial charge in [0, 0.05) is 24.0 Å². The van der Waals surface area contributed by atoms with Crippen molar-refractivity contribution in [2.45, 2.75) is 38.5 Å². The fraction of sp³-hybridized carbons (Fsp3) is 0.429. The minimum atomic E-state index is -0.201. The summed E-state index contributed by atoms with van der Waals surface area (Å²) in [5, 5.41) is 8.02. The SMILES string of the molecule is COc1ccc(/C=N\NC(=O)CCCCCCC(=O)N/N=C\c2ccc(OC)c(OC)c2OC)c(OC)c1OC. The molecule has 0 aliphatic heterocycles. The van der Waals surface area contributed by atoms with Gasteiger partial charge >= 0.3 is 0 Å². The predicted molar refractivity (Wildman–Crippen MR) is 151 cm³/mol. The lowest BCUT2D eigenvalue weighted by Gasteiger charge is -2.13. The number of nitrogens with one attached hydrogen (secondary N) is 2. The van der Waals surface area contributed by atoms with Gasteiger partial charge in [-0.1, -0.05) is 12.8 Å². The summed E-state index contributed by atoms with van der Waals surface area (Å²) < 4.78 is 32.0. The largest absolute Gasteiger partial charge is 0.493 e. The van der Waals surface area contributed by atoms with E-state index in [0.29, 0.717) is 71.3 Å². The predicted octanol–water partition coefficient (Wildman–Crippen LogP) is 3.68. The average molecular weight is 559 g/mol. The fourth-order valence-electron chi connectivity index (χ4n) is 3.84. The number of nitrogens with zero attached hydrogens (tertiary/aromatic N) is 2. The van der Waals surface area contributed by atoms with Crippen LogP contribution in [0, 0.1) is 0 Å². The number of hydrogen-bond donors (Lipinski definition) is 2. The molecule has 0 heterocycles. The molecule has 2 amide bonds. The van der Waals surface area contributed by atoms with Crippen LogP contribution in [-0.4, -0.2) is 66.9 Å². The van der Waals surface area contributed by atoms with Crippen LogP contribution in [0.25, 0.3) is 0 Å². The molecule has 0 atom stereocenters. The van der Waals surface area contributed by atoms with Crippen molar-refractivity contribution in [1.29, 1.82) is 0 Å². The van der Waals surface area contributed by atoms with Gasteiger partial charge in [0.15, 0.2) is 23.0 Å². The molecule has 218 valence electrons. The third kappa shape index (κ3) is 9.07. The topological polar surface area (TPSA) is 138 Å². The van der Waals surface area contributed by atoms with E-state index in [1.807, 2.05) is 0 Å². The number of unbranched alkanes of at least 4 members (excludes halogenated alkanes) is 3. The molecule has 40 heavy (non-hydrogen) atoms. The van der Waals surface area contributed by atoms with Gasteiger partial charge in [-0.05, 0) is 37.1 Å². The number of ether oxygens (including phenoxy) is 6. The number of amides is 2. The van der Waals surface area contributed by atoms with Gasteiger partial charge in [0.25, 0.3) is 0 Å². The van der Waals surface area contributed by atoms with Crippen molar-refractivity contribution in [3.05, 3.63) is 35.4 Å². The van der Waals surface area contributed by atoms with Crippen molar-refractivity contribution in [2.24, 2.45) is 10.2 Å². The van der Waals surface area contributed by atoms with Crippen molar-refractivity contribution in [3.63, 3.8) is 0 Å². The summed E-state index contributed by atoms with van der Waals surface area (Å²) in [7, 11) is 9.14. The Morgan fingerprint density at radius 1 is 0.575 bits per heavy atom. The third-order valence-corrected chi connectivity index (χ3v) is 5.81. The van der Waals surface area contributed by atoms with Crippen molar-refractivity contribution in [1.82, 2.24) is 10.9 Å². The number of hydrogen-bond acceptors (Lipinski definition) is 10. The Hall–Kier alpha value is -4.48. The molecule has 12 heteroatoms. The van der Waals surface area contributed by atoms with Crippen LogP contribution in [0.1, 0.15) is 49.7 Å². The van der Waals surface area contributed by atoms with E-state index in [4.69, 9.17) is 28.4 Å². The number of carbonyl (C=O) groups is 2. The van der Waals surface area contributed by atoms with E-state index in [1.165, 1.54) is 55.1 Å². The van der Waals surface area contributed by atoms with Crippen LogP contribution < -0.4 is 39.3 Å². The first-order valence-electron chi connectivity index (χ1n) is 12.7. The molecule has 0 unspecified atom stereocenters. The van der Waals surface area contributed by atoms with Gasteiger partial charge in [-0.15, -0.1) is 0 Å². The second-order valence-electron chi connectivity index (χ2n) is 8.35. The smallest absolute Gasteiger partial charge is 0.240 e. The molecule has 2 aromatic rings. The first-order chi connectivity index (χ1) is 19.4. The molecule has 12 nitrogen and oxygen atoms in total. The van der Waals surface area contributed by atoms with E-state index < -0.39 is 0 Å². The number of rotatable bonds is 17. The Balaban J connectivity index is 1.69. The molecule has 0 aliphatic rings. The molecule has 0 saturated heterocycles. The summed E-state index contributed by atoms with van der Waals surface area (Å²) >= 11 is 0. The molecule has 2 aromatic carbocycles. The number of methoxy groups -OCH3 is 6. The Morgan fingerprint density at radius 2 is 0.950 bits per heavy atom. The maximum Gasteiger partial charge on any atom is 0.240 e. The highest BCUT2D eigenvalue weighted by Crippen LogP contribution is 2.39. The number of hydrazone groups is 2. The van der Waals surface area contributed by atoms with Gasteiger partial charge in [0.05, 0.1) is 55.1 Å². The van der Waals surface area contributed by atoms with Crippen molar-refractivity contribution >= 4 is 24.2 Å². The first kappa shape index (κ1) is 31.7. The Bertz CT molecular complexity index is 1090. The summed E-state index contributed by atoms with van der Waals surface area (Å²) in [6, 6.07) is 6.97. The molecule has 2 rings (SSSR count). The third-order valence-electron chi connectivity index (χ3n) is 5.81. The minimum Gasteiger partial charge on any atom is -0.493 e. The highest BCUT2D eigenvalue weighted by atomic mass is 16.5. The Labute approximate surface area is 234 Å². The molecule has 0 aliphatic carbocycles. The van der Waals surface area contributed by atoms with Crippen LogP contribution >= 0.6 is 0 Å². The molecular weight excluding hydrogens is 520 g/mol. The van der Waals surface area contributed by atoms with Gasteiger partial charge in [0.2, 0.25) is 23.3 Å². The van der Waals surface area contributed by atoms with Crippen LogP contribution in [0.5, 0.6) is 34.5 Å². The van der Waals surface area contributed by atoms with Gasteiger partial charge in [-0.25, -0.2) is 10.9 Å². The summed E-state index contributed by atoms with van der Waals surface area (Å²) in [4.78, 5) is 24.2. The summed E-state index contributed by atoms with van der Waals surface area (Å²) in [5.41, 5.74) is 6.29. The van der Waals surface area contributed by atoms with E-state index in [9.17, 15) is 9.59 Å². The standard InChI is InChI=1S/C28H38N4O8/c1-35-21-15-13-19(25(37-3)27(21)39-5)17-29-31-23(33)11-9-7-8-10-12-24(34)32-30-18-20-14-16-22(36-2)28(40-6)26(20)38-4/h13-18H,7-12H2,1-6H3,(H,31,33)(H,32,34)/b29-17-,30-18-. The summed E-state index contributed by atoms with van der Waals surface area (Å²) in [5.74, 6) is 2.45. The molecule has 0 saturated carbocycles. The normalized spacial score (nSPS) is 10.8. The molecule has 0 fully saturated rings. The van der Waals surface area contributed by atoms with Crippen molar-refractivity contribution in [2.75, 3.05) is 42.7 Å². The zero-order chi connectivity index (χ0) is 29.3. The number of carbonyl (C=O) groups excluding carboxylic acids is 2. The van der Waals surface area contributed by atoms with Crippen LogP contribution in [0.15, 0.2) is 34.5 Å². The molecule has 0 spiro atoms. The minimum absolute atomic E-state index is 0.201. The monoisotopic (exact) mass is 558 g/mol. The first-order valence-corrected chi connectivity index (χ1v) is 12.7. The van der Waals surface area contributed by atoms with E-state index in [1.54, 1.807) is 24.3 Å². The van der Waals surface area contributed by atoms with E-state index in [0.717, 1.165) is 12.8 Å². The quantitative estimate of drug-likeness (QED) is 0.170. The molecule has 2 N–H and O–H groups in total. The highest BCUT2D eigenvalue weighted by Gasteiger charge is 2.15. The van der Waals surface area contributed by atoms with Crippen molar-refractivity contribution in [3.8, 4) is 34.5 Å². The van der Waals surface area contributed by atoms with E-state index >= 15 is 0 Å². The average Bonchev–Trinajstić information content (AvgIpc) is 2.97. The maximum absolute atomic E-state index is 12.1. The highest BCUT2D eigenvalue weighted by molar-refractivity contribution is 5.88. The molecule has 0 radical (unpaired) electrons. The molecular formula is C28H38N4O8. The fourth-order valence-corrected chi connectivity index (χ4v) is 3.84. The van der Waals surface area contributed by atoms with Crippen LogP contribution in [0.4, 0.5) is 0 Å². The lowest BCUT2D eigenvalue weighted by molar-refractivity contribution is -0.122. The summed E-state index contributed by atoms with van der Waals surface area (Å²) in [6.45, 7) is 0. The van der Waals surface area contributed by atoms with Crippen LogP contribution in [0.2, 0.25) is 0 Å². The van der Waals surface area contributed by atoms with E-state index in [-0.39, 0.29) is 11.8 Å². The zero-order valence-electron chi connectivity index (χ0n) is 23.9. The van der Waals surface area contributed by atoms with Crippen LogP contribution in [-0.2, 0) is 9.59 Å². The van der Waals surface area contributed by atoms with Crippen LogP contribution in [0.3, 0.4) is 0 Å². The Morgan fingerprint density at radius 3 is 1.27 bits per heavy atom. The Kier molecular flexibility index (Phi) is 13.6. The second-order valence-corrected chi connectivity index (χ2v) is 8.35. The van der Waals surface area contributed by atoms with Gasteiger partial charge in [-0.2, -0.15) is 10.2 Å².